The molecule has 0 saturated carbocycles. The molecule has 26 heavy (non-hydrogen) atoms. The SMILES string of the molecule is Cc1c(C(=O)O)sc2ncn(NCc3cccc(C(F)(F)F)c3)c(=O)c12. The summed E-state index contributed by atoms with van der Waals surface area (Å²) in [5.74, 6) is -1.15. The van der Waals surface area contributed by atoms with Crippen LogP contribution in [0.1, 0.15) is 26.4 Å². The van der Waals surface area contributed by atoms with Crippen molar-refractivity contribution in [3.63, 3.8) is 0 Å². The lowest BCUT2D eigenvalue weighted by molar-refractivity contribution is -0.137. The summed E-state index contributed by atoms with van der Waals surface area (Å²) in [5, 5.41) is 9.31. The van der Waals surface area contributed by atoms with E-state index in [4.69, 9.17) is 5.11 Å². The van der Waals surface area contributed by atoms with Crippen molar-refractivity contribution < 1.29 is 23.1 Å². The summed E-state index contributed by atoms with van der Waals surface area (Å²) in [6, 6.07) is 4.73. The highest BCUT2D eigenvalue weighted by atomic mass is 32.1. The summed E-state index contributed by atoms with van der Waals surface area (Å²) in [6.07, 6.45) is -3.27. The molecule has 3 aromatic rings. The van der Waals surface area contributed by atoms with Gasteiger partial charge in [-0.2, -0.15) is 13.2 Å². The van der Waals surface area contributed by atoms with Crippen LogP contribution in [-0.4, -0.2) is 20.7 Å². The monoisotopic (exact) mass is 383 g/mol. The molecule has 0 spiro atoms. The number of benzene rings is 1. The van der Waals surface area contributed by atoms with Gasteiger partial charge in [-0.25, -0.2) is 14.5 Å². The van der Waals surface area contributed by atoms with Gasteiger partial charge in [0.25, 0.3) is 5.56 Å². The molecule has 0 radical (unpaired) electrons. The third-order valence-electron chi connectivity index (χ3n) is 3.75. The van der Waals surface area contributed by atoms with Gasteiger partial charge < -0.3 is 10.5 Å². The molecule has 10 heteroatoms. The highest BCUT2D eigenvalue weighted by Crippen LogP contribution is 2.29. The van der Waals surface area contributed by atoms with Gasteiger partial charge in [-0.1, -0.05) is 12.1 Å². The van der Waals surface area contributed by atoms with E-state index < -0.39 is 23.3 Å². The molecule has 0 aliphatic carbocycles. The van der Waals surface area contributed by atoms with E-state index in [1.807, 2.05) is 0 Å². The Balaban J connectivity index is 1.91. The second-order valence-electron chi connectivity index (χ2n) is 5.49. The van der Waals surface area contributed by atoms with E-state index in [0.717, 1.165) is 28.1 Å². The zero-order valence-corrected chi connectivity index (χ0v) is 14.1. The Bertz CT molecular complexity index is 1060. The number of hydrogen-bond acceptors (Lipinski definition) is 5. The number of carbonyl (C=O) groups is 1. The molecule has 136 valence electrons. The Hall–Kier alpha value is -2.88. The van der Waals surface area contributed by atoms with Gasteiger partial charge in [0.15, 0.2) is 0 Å². The third-order valence-corrected chi connectivity index (χ3v) is 4.94. The first-order valence-corrected chi connectivity index (χ1v) is 8.14. The van der Waals surface area contributed by atoms with E-state index in [-0.39, 0.29) is 16.8 Å². The zero-order chi connectivity index (χ0) is 19.1. The Morgan fingerprint density at radius 2 is 2.12 bits per heavy atom. The lowest BCUT2D eigenvalue weighted by atomic mass is 10.1. The average molecular weight is 383 g/mol. The van der Waals surface area contributed by atoms with Gasteiger partial charge in [-0.15, -0.1) is 11.3 Å². The van der Waals surface area contributed by atoms with Crippen LogP contribution in [0.15, 0.2) is 35.4 Å². The first kappa shape index (κ1) is 17.9. The minimum atomic E-state index is -4.45. The summed E-state index contributed by atoms with van der Waals surface area (Å²) in [6.45, 7) is 1.48. The number of aromatic nitrogens is 2. The first-order chi connectivity index (χ1) is 12.2. The van der Waals surface area contributed by atoms with E-state index in [9.17, 15) is 22.8 Å². The van der Waals surface area contributed by atoms with Crippen LogP contribution in [0.3, 0.4) is 0 Å². The maximum atomic E-state index is 12.7. The molecule has 0 atom stereocenters. The molecule has 2 heterocycles. The number of carboxylic acid groups (broad SMARTS) is 1. The van der Waals surface area contributed by atoms with E-state index in [0.29, 0.717) is 16.0 Å². The molecular weight excluding hydrogens is 371 g/mol. The fourth-order valence-electron chi connectivity index (χ4n) is 2.47. The van der Waals surface area contributed by atoms with Gasteiger partial charge in [0.1, 0.15) is 16.0 Å². The van der Waals surface area contributed by atoms with Crippen molar-refractivity contribution in [2.45, 2.75) is 19.6 Å². The Labute approximate surface area is 148 Å². The number of alkyl halides is 3. The minimum Gasteiger partial charge on any atom is -0.477 e. The van der Waals surface area contributed by atoms with Crippen molar-refractivity contribution in [3.05, 3.63) is 62.5 Å². The third kappa shape index (κ3) is 3.27. The number of fused-ring (bicyclic) bond motifs is 1. The van der Waals surface area contributed by atoms with Crippen molar-refractivity contribution in [1.29, 1.82) is 0 Å². The quantitative estimate of drug-likeness (QED) is 0.723. The molecule has 0 unspecified atom stereocenters. The predicted molar refractivity (Wildman–Crippen MR) is 90.1 cm³/mol. The molecule has 6 nitrogen and oxygen atoms in total. The van der Waals surface area contributed by atoms with Crippen molar-refractivity contribution in [2.24, 2.45) is 0 Å². The largest absolute Gasteiger partial charge is 0.477 e. The molecule has 0 aliphatic heterocycles. The number of rotatable bonds is 4. The zero-order valence-electron chi connectivity index (χ0n) is 13.3. The van der Waals surface area contributed by atoms with Crippen LogP contribution in [0.4, 0.5) is 13.2 Å². The minimum absolute atomic E-state index is 0.0280. The fraction of sp³-hybridized carbons (Fsp3) is 0.188. The Morgan fingerprint density at radius 3 is 2.77 bits per heavy atom. The summed E-state index contributed by atoms with van der Waals surface area (Å²) in [7, 11) is 0. The summed E-state index contributed by atoms with van der Waals surface area (Å²) in [5.41, 5.74) is 2.05. The molecule has 0 fully saturated rings. The fourth-order valence-corrected chi connectivity index (χ4v) is 3.45. The van der Waals surface area contributed by atoms with Crippen LogP contribution in [0.5, 0.6) is 0 Å². The van der Waals surface area contributed by atoms with E-state index in [1.54, 1.807) is 0 Å². The van der Waals surface area contributed by atoms with Crippen LogP contribution in [0, 0.1) is 6.92 Å². The Kier molecular flexibility index (Phi) is 4.45. The van der Waals surface area contributed by atoms with Gasteiger partial charge >= 0.3 is 12.1 Å². The second kappa shape index (κ2) is 6.45. The standard InChI is InChI=1S/C16H12F3N3O3S/c1-8-11-13(26-12(8)15(24)25)20-7-22(14(11)23)21-6-9-3-2-4-10(5-9)16(17,18)19/h2-5,7,21H,6H2,1H3,(H,24,25). The number of carboxylic acids is 1. The van der Waals surface area contributed by atoms with Crippen LogP contribution in [0.2, 0.25) is 0 Å². The highest BCUT2D eigenvalue weighted by Gasteiger charge is 2.30. The number of hydrogen-bond donors (Lipinski definition) is 2. The molecule has 3 rings (SSSR count). The molecule has 0 bridgehead atoms. The molecule has 0 saturated heterocycles. The number of nitrogens with one attached hydrogen (secondary N) is 1. The summed E-state index contributed by atoms with van der Waals surface area (Å²) >= 11 is 0.897. The van der Waals surface area contributed by atoms with Crippen molar-refractivity contribution in [2.75, 3.05) is 5.43 Å². The maximum Gasteiger partial charge on any atom is 0.416 e. The topological polar surface area (TPSA) is 84.2 Å². The van der Waals surface area contributed by atoms with Gasteiger partial charge in [0.2, 0.25) is 0 Å². The van der Waals surface area contributed by atoms with Crippen LogP contribution in [-0.2, 0) is 12.7 Å². The molecule has 2 N–H and O–H groups in total. The lowest BCUT2D eigenvalue weighted by Gasteiger charge is -2.11. The molecule has 0 aliphatic rings. The van der Waals surface area contributed by atoms with Crippen LogP contribution in [0.25, 0.3) is 10.2 Å². The van der Waals surface area contributed by atoms with Crippen molar-refractivity contribution >= 4 is 27.5 Å². The smallest absolute Gasteiger partial charge is 0.416 e. The molecular formula is C16H12F3N3O3S. The summed E-state index contributed by atoms with van der Waals surface area (Å²) in [4.78, 5) is 28.1. The lowest BCUT2D eigenvalue weighted by Crippen LogP contribution is -2.29. The number of halogens is 3. The van der Waals surface area contributed by atoms with E-state index in [2.05, 4.69) is 10.4 Å². The van der Waals surface area contributed by atoms with Gasteiger partial charge in [-0.05, 0) is 30.2 Å². The normalized spacial score (nSPS) is 11.7. The number of aromatic carboxylic acids is 1. The average Bonchev–Trinajstić information content (AvgIpc) is 2.91. The van der Waals surface area contributed by atoms with E-state index >= 15 is 0 Å². The predicted octanol–water partition coefficient (Wildman–Crippen LogP) is 3.23. The number of thiophene rings is 1. The van der Waals surface area contributed by atoms with Crippen molar-refractivity contribution in [1.82, 2.24) is 9.66 Å². The van der Waals surface area contributed by atoms with Crippen LogP contribution < -0.4 is 11.0 Å². The van der Waals surface area contributed by atoms with Gasteiger partial charge in [0.05, 0.1) is 17.5 Å². The summed E-state index contributed by atoms with van der Waals surface area (Å²) < 4.78 is 39.3. The van der Waals surface area contributed by atoms with E-state index in [1.165, 1.54) is 25.4 Å². The Morgan fingerprint density at radius 1 is 1.38 bits per heavy atom. The number of nitrogens with zero attached hydrogens (tertiary/aromatic N) is 2. The molecule has 0 amide bonds. The first-order valence-electron chi connectivity index (χ1n) is 7.32. The van der Waals surface area contributed by atoms with Gasteiger partial charge in [-0.3, -0.25) is 4.79 Å². The molecule has 1 aromatic carbocycles. The second-order valence-corrected chi connectivity index (χ2v) is 6.49. The molecule has 2 aromatic heterocycles. The van der Waals surface area contributed by atoms with Crippen LogP contribution >= 0.6 is 11.3 Å². The van der Waals surface area contributed by atoms with Crippen molar-refractivity contribution in [3.8, 4) is 0 Å². The van der Waals surface area contributed by atoms with Gasteiger partial charge in [0, 0.05) is 0 Å². The maximum absolute atomic E-state index is 12.7. The highest BCUT2D eigenvalue weighted by molar-refractivity contribution is 7.20. The number of aryl methyl sites for hydroxylation is 1.